The zero-order chi connectivity index (χ0) is 12.2. The van der Waals surface area contributed by atoms with Crippen LogP contribution in [0.2, 0.25) is 0 Å². The topological polar surface area (TPSA) is 51.0 Å². The zero-order valence-electron chi connectivity index (χ0n) is 9.84. The van der Waals surface area contributed by atoms with Crippen LogP contribution < -0.4 is 5.32 Å². The third kappa shape index (κ3) is 2.38. The fourth-order valence-electron chi connectivity index (χ4n) is 1.91. The summed E-state index contributed by atoms with van der Waals surface area (Å²) in [6.45, 7) is 1.49. The van der Waals surface area contributed by atoms with Crippen LogP contribution in [0.3, 0.4) is 0 Å². The van der Waals surface area contributed by atoms with E-state index in [1.807, 2.05) is 24.5 Å². The Morgan fingerprint density at radius 1 is 1.00 bits per heavy atom. The number of hydrogen-bond acceptors (Lipinski definition) is 4. The van der Waals surface area contributed by atoms with Crippen molar-refractivity contribution >= 4 is 10.8 Å². The Hall–Kier alpha value is -2.20. The first-order valence-electron chi connectivity index (χ1n) is 5.85. The summed E-state index contributed by atoms with van der Waals surface area (Å²) in [7, 11) is 0. The van der Waals surface area contributed by atoms with Crippen molar-refractivity contribution in [2.75, 3.05) is 0 Å². The van der Waals surface area contributed by atoms with Crippen molar-refractivity contribution in [3.8, 4) is 0 Å². The van der Waals surface area contributed by atoms with E-state index in [0.29, 0.717) is 6.54 Å². The molecular formula is C14H13N3O. The highest BCUT2D eigenvalue weighted by molar-refractivity contribution is 5.81. The molecule has 4 heteroatoms. The van der Waals surface area contributed by atoms with E-state index < -0.39 is 0 Å². The summed E-state index contributed by atoms with van der Waals surface area (Å²) in [6, 6.07) is 10.3. The molecule has 1 aromatic carbocycles. The Bertz CT molecular complexity index is 634. The molecule has 0 aliphatic carbocycles. The van der Waals surface area contributed by atoms with Crippen molar-refractivity contribution in [2.24, 2.45) is 0 Å². The van der Waals surface area contributed by atoms with Crippen LogP contribution >= 0.6 is 0 Å². The predicted octanol–water partition coefficient (Wildman–Crippen LogP) is 2.51. The summed E-state index contributed by atoms with van der Waals surface area (Å²) in [5.41, 5.74) is 1.24. The molecule has 0 bridgehead atoms. The lowest BCUT2D eigenvalue weighted by atomic mass is 10.1. The van der Waals surface area contributed by atoms with Gasteiger partial charge in [-0.25, -0.2) is 0 Å². The van der Waals surface area contributed by atoms with Gasteiger partial charge in [-0.2, -0.15) is 0 Å². The molecule has 3 aromatic rings. The Labute approximate surface area is 105 Å². The van der Waals surface area contributed by atoms with Crippen molar-refractivity contribution in [3.63, 3.8) is 0 Å². The summed E-state index contributed by atoms with van der Waals surface area (Å²) in [6.07, 6.45) is 5.34. The zero-order valence-corrected chi connectivity index (χ0v) is 9.84. The van der Waals surface area contributed by atoms with Crippen molar-refractivity contribution in [1.29, 1.82) is 0 Å². The molecule has 18 heavy (non-hydrogen) atoms. The van der Waals surface area contributed by atoms with Crippen molar-refractivity contribution < 1.29 is 4.52 Å². The molecule has 0 aliphatic heterocycles. The van der Waals surface area contributed by atoms with Gasteiger partial charge in [0.1, 0.15) is 5.76 Å². The molecule has 0 fully saturated rings. The van der Waals surface area contributed by atoms with Gasteiger partial charge in [0, 0.05) is 30.4 Å². The monoisotopic (exact) mass is 239 g/mol. The average Bonchev–Trinajstić information content (AvgIpc) is 2.92. The quantitative estimate of drug-likeness (QED) is 0.760. The van der Waals surface area contributed by atoms with E-state index in [4.69, 9.17) is 4.52 Å². The SMILES string of the molecule is c1cc2cc(CNCc3ccno3)ccc2cn1. The minimum absolute atomic E-state index is 0.689. The van der Waals surface area contributed by atoms with Crippen LogP contribution in [-0.4, -0.2) is 10.1 Å². The highest BCUT2D eigenvalue weighted by atomic mass is 16.5. The van der Waals surface area contributed by atoms with Gasteiger partial charge in [0.2, 0.25) is 0 Å². The molecule has 90 valence electrons. The summed E-state index contributed by atoms with van der Waals surface area (Å²) in [5.74, 6) is 0.847. The molecule has 0 radical (unpaired) electrons. The smallest absolute Gasteiger partial charge is 0.150 e. The lowest BCUT2D eigenvalue weighted by molar-refractivity contribution is 0.373. The molecular weight excluding hydrogens is 226 g/mol. The van der Waals surface area contributed by atoms with Crippen LogP contribution in [0.5, 0.6) is 0 Å². The third-order valence-corrected chi connectivity index (χ3v) is 2.82. The maximum atomic E-state index is 5.02. The largest absolute Gasteiger partial charge is 0.360 e. The number of hydrogen-bond donors (Lipinski definition) is 1. The van der Waals surface area contributed by atoms with E-state index >= 15 is 0 Å². The molecule has 0 spiro atoms. The van der Waals surface area contributed by atoms with Gasteiger partial charge in [-0.1, -0.05) is 17.3 Å². The molecule has 0 atom stereocenters. The number of aromatic nitrogens is 2. The number of rotatable bonds is 4. The van der Waals surface area contributed by atoms with Gasteiger partial charge in [-0.15, -0.1) is 0 Å². The fraction of sp³-hybridized carbons (Fsp3) is 0.143. The average molecular weight is 239 g/mol. The molecule has 3 rings (SSSR count). The molecule has 0 aliphatic rings. The van der Waals surface area contributed by atoms with Gasteiger partial charge in [0.15, 0.2) is 0 Å². The number of fused-ring (bicyclic) bond motifs is 1. The van der Waals surface area contributed by atoms with Gasteiger partial charge in [0.05, 0.1) is 12.7 Å². The fourth-order valence-corrected chi connectivity index (χ4v) is 1.91. The minimum atomic E-state index is 0.689. The lowest BCUT2D eigenvalue weighted by Gasteiger charge is -2.04. The van der Waals surface area contributed by atoms with Gasteiger partial charge in [0.25, 0.3) is 0 Å². The van der Waals surface area contributed by atoms with Crippen molar-refractivity contribution in [3.05, 3.63) is 60.2 Å². The molecule has 0 unspecified atom stereocenters. The molecule has 0 saturated heterocycles. The van der Waals surface area contributed by atoms with Crippen LogP contribution in [0, 0.1) is 0 Å². The molecule has 2 aromatic heterocycles. The maximum Gasteiger partial charge on any atom is 0.150 e. The normalized spacial score (nSPS) is 10.9. The first kappa shape index (κ1) is 10.9. The number of nitrogens with one attached hydrogen (secondary N) is 1. The second-order valence-corrected chi connectivity index (χ2v) is 4.14. The van der Waals surface area contributed by atoms with Gasteiger partial charge in [-0.05, 0) is 23.1 Å². The van der Waals surface area contributed by atoms with Crippen LogP contribution in [-0.2, 0) is 13.1 Å². The first-order valence-corrected chi connectivity index (χ1v) is 5.85. The summed E-state index contributed by atoms with van der Waals surface area (Å²) in [4.78, 5) is 4.10. The van der Waals surface area contributed by atoms with E-state index in [2.05, 4.69) is 33.7 Å². The Morgan fingerprint density at radius 2 is 2.00 bits per heavy atom. The van der Waals surface area contributed by atoms with E-state index in [0.717, 1.165) is 17.7 Å². The number of pyridine rings is 1. The second kappa shape index (κ2) is 4.98. The maximum absolute atomic E-state index is 5.02. The van der Waals surface area contributed by atoms with Gasteiger partial charge in [-0.3, -0.25) is 4.98 Å². The predicted molar refractivity (Wildman–Crippen MR) is 68.8 cm³/mol. The summed E-state index contributed by atoms with van der Waals surface area (Å²) >= 11 is 0. The summed E-state index contributed by atoms with van der Waals surface area (Å²) in [5, 5.41) is 9.36. The van der Waals surface area contributed by atoms with E-state index in [1.54, 1.807) is 6.20 Å². The van der Waals surface area contributed by atoms with Gasteiger partial charge >= 0.3 is 0 Å². The van der Waals surface area contributed by atoms with E-state index in [9.17, 15) is 0 Å². The molecule has 4 nitrogen and oxygen atoms in total. The highest BCUT2D eigenvalue weighted by Crippen LogP contribution is 2.14. The van der Waals surface area contributed by atoms with Crippen molar-refractivity contribution in [2.45, 2.75) is 13.1 Å². The van der Waals surface area contributed by atoms with Gasteiger partial charge < -0.3 is 9.84 Å². The molecule has 1 N–H and O–H groups in total. The Kier molecular flexibility index (Phi) is 3.02. The number of benzene rings is 1. The Balaban J connectivity index is 1.67. The molecule has 0 saturated carbocycles. The second-order valence-electron chi connectivity index (χ2n) is 4.14. The van der Waals surface area contributed by atoms with Crippen LogP contribution in [0.15, 0.2) is 53.4 Å². The lowest BCUT2D eigenvalue weighted by Crippen LogP contribution is -2.11. The number of nitrogens with zero attached hydrogens (tertiary/aromatic N) is 2. The first-order chi connectivity index (χ1) is 8.92. The van der Waals surface area contributed by atoms with Crippen LogP contribution in [0.25, 0.3) is 10.8 Å². The molecule has 2 heterocycles. The highest BCUT2D eigenvalue weighted by Gasteiger charge is 1.98. The minimum Gasteiger partial charge on any atom is -0.360 e. The molecule has 0 amide bonds. The summed E-state index contributed by atoms with van der Waals surface area (Å²) < 4.78 is 5.02. The standard InChI is InChI=1S/C14H13N3O/c1-2-13-9-15-5-3-12(13)7-11(1)8-16-10-14-4-6-17-18-14/h1-7,9,16H,8,10H2. The van der Waals surface area contributed by atoms with E-state index in [1.165, 1.54) is 10.9 Å². The van der Waals surface area contributed by atoms with Crippen molar-refractivity contribution in [1.82, 2.24) is 15.5 Å². The van der Waals surface area contributed by atoms with E-state index in [-0.39, 0.29) is 0 Å². The Morgan fingerprint density at radius 3 is 2.89 bits per heavy atom. The van der Waals surface area contributed by atoms with Crippen LogP contribution in [0.4, 0.5) is 0 Å². The van der Waals surface area contributed by atoms with Crippen LogP contribution in [0.1, 0.15) is 11.3 Å². The third-order valence-electron chi connectivity index (χ3n) is 2.82.